The molecule has 10 heteroatoms. The third kappa shape index (κ3) is 6.69. The number of nitrogens with one attached hydrogen (secondary N) is 1. The molecule has 2 amide bonds. The van der Waals surface area contributed by atoms with Crippen molar-refractivity contribution in [2.24, 2.45) is 0 Å². The number of carbonyl (C=O) groups excluding carboxylic acids is 2. The van der Waals surface area contributed by atoms with Gasteiger partial charge in [0.15, 0.2) is 0 Å². The molecule has 0 unspecified atom stereocenters. The van der Waals surface area contributed by atoms with Gasteiger partial charge in [-0.05, 0) is 65.7 Å². The van der Waals surface area contributed by atoms with Gasteiger partial charge < -0.3 is 15.0 Å². The van der Waals surface area contributed by atoms with Crippen molar-refractivity contribution in [2.45, 2.75) is 31.3 Å². The standard InChI is InChI=1S/C27H30BrN3O5S/c1-19-10-12-22(13-11-19)31(37(34,35)23-14-15-25(36-4)24(28)16-23)18-26(32)30(20(2)27(33)29-3)17-21-8-6-5-7-9-21/h5-16,20H,17-18H2,1-4H3,(H,29,33)/t20-/m0/s1. The zero-order valence-electron chi connectivity index (χ0n) is 21.1. The van der Waals surface area contributed by atoms with Gasteiger partial charge in [0.1, 0.15) is 18.3 Å². The number of halogens is 1. The predicted molar refractivity (Wildman–Crippen MR) is 147 cm³/mol. The zero-order valence-corrected chi connectivity index (χ0v) is 23.5. The highest BCUT2D eigenvalue weighted by Crippen LogP contribution is 2.31. The Balaban J connectivity index is 2.04. The summed E-state index contributed by atoms with van der Waals surface area (Å²) in [4.78, 5) is 27.6. The van der Waals surface area contributed by atoms with Crippen LogP contribution in [0.3, 0.4) is 0 Å². The second-order valence-corrected chi connectivity index (χ2v) is 11.2. The van der Waals surface area contributed by atoms with Gasteiger partial charge in [-0.1, -0.05) is 48.0 Å². The van der Waals surface area contributed by atoms with E-state index in [1.54, 1.807) is 37.3 Å². The molecule has 37 heavy (non-hydrogen) atoms. The number of anilines is 1. The Morgan fingerprint density at radius 1 is 1.03 bits per heavy atom. The third-order valence-electron chi connectivity index (χ3n) is 5.92. The molecule has 1 atom stereocenters. The zero-order chi connectivity index (χ0) is 27.2. The number of likely N-dealkylation sites (N-methyl/N-ethyl adjacent to an activating group) is 1. The van der Waals surface area contributed by atoms with E-state index in [-0.39, 0.29) is 17.3 Å². The Bertz CT molecular complexity index is 1350. The largest absolute Gasteiger partial charge is 0.496 e. The summed E-state index contributed by atoms with van der Waals surface area (Å²) in [5, 5.41) is 2.57. The normalized spacial score (nSPS) is 11.9. The number of amides is 2. The number of rotatable bonds is 10. The lowest BCUT2D eigenvalue weighted by Gasteiger charge is -2.31. The van der Waals surface area contributed by atoms with Crippen molar-refractivity contribution >= 4 is 43.5 Å². The van der Waals surface area contributed by atoms with Gasteiger partial charge in [-0.3, -0.25) is 13.9 Å². The van der Waals surface area contributed by atoms with Crippen molar-refractivity contribution < 1.29 is 22.7 Å². The van der Waals surface area contributed by atoms with Crippen LogP contribution in [0.2, 0.25) is 0 Å². The molecule has 1 N–H and O–H groups in total. The molecule has 0 saturated heterocycles. The first-order valence-corrected chi connectivity index (χ1v) is 13.8. The average Bonchev–Trinajstić information content (AvgIpc) is 2.90. The summed E-state index contributed by atoms with van der Waals surface area (Å²) >= 11 is 3.34. The third-order valence-corrected chi connectivity index (χ3v) is 8.31. The Morgan fingerprint density at radius 3 is 2.24 bits per heavy atom. The van der Waals surface area contributed by atoms with Crippen LogP contribution in [0, 0.1) is 6.92 Å². The number of ether oxygens (including phenoxy) is 1. The SMILES string of the molecule is CNC(=O)[C@H](C)N(Cc1ccccc1)C(=O)CN(c1ccc(C)cc1)S(=O)(=O)c1ccc(OC)c(Br)c1. The summed E-state index contributed by atoms with van der Waals surface area (Å²) < 4.78 is 34.5. The van der Waals surface area contributed by atoms with Gasteiger partial charge in [0.2, 0.25) is 11.8 Å². The maximum Gasteiger partial charge on any atom is 0.264 e. The molecule has 0 heterocycles. The Morgan fingerprint density at radius 2 is 1.68 bits per heavy atom. The first kappa shape index (κ1) is 28.2. The van der Waals surface area contributed by atoms with E-state index in [1.807, 2.05) is 37.3 Å². The molecular formula is C27H30BrN3O5S. The average molecular weight is 589 g/mol. The van der Waals surface area contributed by atoms with Crippen LogP contribution in [-0.2, 0) is 26.2 Å². The fourth-order valence-electron chi connectivity index (χ4n) is 3.75. The minimum atomic E-state index is -4.17. The van der Waals surface area contributed by atoms with Crippen LogP contribution in [0.5, 0.6) is 5.75 Å². The first-order valence-electron chi connectivity index (χ1n) is 11.6. The van der Waals surface area contributed by atoms with E-state index >= 15 is 0 Å². The maximum absolute atomic E-state index is 13.9. The Labute approximate surface area is 226 Å². The molecule has 0 aromatic heterocycles. The second kappa shape index (κ2) is 12.2. The second-order valence-electron chi connectivity index (χ2n) is 8.44. The number of methoxy groups -OCH3 is 1. The molecule has 0 aliphatic heterocycles. The van der Waals surface area contributed by atoms with Crippen molar-refractivity contribution in [3.8, 4) is 5.75 Å². The molecular weight excluding hydrogens is 558 g/mol. The molecule has 0 bridgehead atoms. The van der Waals surface area contributed by atoms with Gasteiger partial charge >= 0.3 is 0 Å². The molecule has 0 aliphatic rings. The van der Waals surface area contributed by atoms with Crippen LogP contribution in [0.1, 0.15) is 18.1 Å². The highest BCUT2D eigenvalue weighted by atomic mass is 79.9. The number of nitrogens with zero attached hydrogens (tertiary/aromatic N) is 2. The minimum Gasteiger partial charge on any atom is -0.496 e. The van der Waals surface area contributed by atoms with Crippen LogP contribution in [0.4, 0.5) is 5.69 Å². The topological polar surface area (TPSA) is 96.0 Å². The monoisotopic (exact) mass is 587 g/mol. The van der Waals surface area contributed by atoms with Gasteiger partial charge in [-0.25, -0.2) is 8.42 Å². The van der Waals surface area contributed by atoms with E-state index < -0.39 is 28.5 Å². The van der Waals surface area contributed by atoms with Crippen LogP contribution < -0.4 is 14.4 Å². The van der Waals surface area contributed by atoms with Crippen molar-refractivity contribution in [1.29, 1.82) is 0 Å². The van der Waals surface area contributed by atoms with Gasteiger partial charge in [0, 0.05) is 13.6 Å². The van der Waals surface area contributed by atoms with Gasteiger partial charge in [0.05, 0.1) is 22.2 Å². The summed E-state index contributed by atoms with van der Waals surface area (Å²) in [7, 11) is -1.19. The molecule has 3 aromatic rings. The molecule has 0 aliphatic carbocycles. The van der Waals surface area contributed by atoms with Crippen LogP contribution in [0.25, 0.3) is 0 Å². The van der Waals surface area contributed by atoms with E-state index in [0.717, 1.165) is 15.4 Å². The molecule has 0 spiro atoms. The number of aryl methyl sites for hydroxylation is 1. The Kier molecular flexibility index (Phi) is 9.34. The maximum atomic E-state index is 13.9. The Hall–Kier alpha value is -3.37. The molecule has 0 saturated carbocycles. The lowest BCUT2D eigenvalue weighted by atomic mass is 10.1. The van der Waals surface area contributed by atoms with E-state index in [2.05, 4.69) is 21.2 Å². The van der Waals surface area contributed by atoms with Crippen LogP contribution in [0.15, 0.2) is 82.2 Å². The summed E-state index contributed by atoms with van der Waals surface area (Å²) in [5.41, 5.74) is 2.09. The van der Waals surface area contributed by atoms with Crippen LogP contribution in [-0.4, -0.2) is 51.9 Å². The fraction of sp³-hybridized carbons (Fsp3) is 0.259. The quantitative estimate of drug-likeness (QED) is 0.385. The lowest BCUT2D eigenvalue weighted by molar-refractivity contribution is -0.139. The van der Waals surface area contributed by atoms with E-state index in [0.29, 0.717) is 15.9 Å². The van der Waals surface area contributed by atoms with Gasteiger partial charge in [-0.15, -0.1) is 0 Å². The molecule has 8 nitrogen and oxygen atoms in total. The fourth-order valence-corrected chi connectivity index (χ4v) is 5.88. The van der Waals surface area contributed by atoms with Crippen molar-refractivity contribution in [2.75, 3.05) is 25.0 Å². The summed E-state index contributed by atoms with van der Waals surface area (Å²) in [6.07, 6.45) is 0. The first-order chi connectivity index (χ1) is 17.6. The molecule has 3 rings (SSSR count). The molecule has 0 fully saturated rings. The number of hydrogen-bond acceptors (Lipinski definition) is 5. The van der Waals surface area contributed by atoms with Crippen molar-refractivity contribution in [3.05, 3.63) is 88.4 Å². The predicted octanol–water partition coefficient (Wildman–Crippen LogP) is 4.12. The number of hydrogen-bond donors (Lipinski definition) is 1. The summed E-state index contributed by atoms with van der Waals surface area (Å²) in [6.45, 7) is 3.15. The van der Waals surface area contributed by atoms with E-state index in [9.17, 15) is 18.0 Å². The molecule has 196 valence electrons. The smallest absolute Gasteiger partial charge is 0.264 e. The number of carbonyl (C=O) groups is 2. The number of sulfonamides is 1. The lowest BCUT2D eigenvalue weighted by Crippen LogP contribution is -2.50. The highest BCUT2D eigenvalue weighted by Gasteiger charge is 2.32. The summed E-state index contributed by atoms with van der Waals surface area (Å²) in [6, 6.07) is 19.7. The summed E-state index contributed by atoms with van der Waals surface area (Å²) in [5.74, 6) is -0.393. The molecule has 0 radical (unpaired) electrons. The van der Waals surface area contributed by atoms with E-state index in [4.69, 9.17) is 4.74 Å². The van der Waals surface area contributed by atoms with Gasteiger partial charge in [-0.2, -0.15) is 0 Å². The van der Waals surface area contributed by atoms with E-state index in [1.165, 1.54) is 31.2 Å². The van der Waals surface area contributed by atoms with Crippen molar-refractivity contribution in [3.63, 3.8) is 0 Å². The molecule has 3 aromatic carbocycles. The van der Waals surface area contributed by atoms with Gasteiger partial charge in [0.25, 0.3) is 10.0 Å². The highest BCUT2D eigenvalue weighted by molar-refractivity contribution is 9.10. The van der Waals surface area contributed by atoms with Crippen molar-refractivity contribution in [1.82, 2.24) is 10.2 Å². The number of benzene rings is 3. The van der Waals surface area contributed by atoms with Crippen LogP contribution >= 0.6 is 15.9 Å². The minimum absolute atomic E-state index is 0.0116.